The van der Waals surface area contributed by atoms with E-state index in [9.17, 15) is 22.8 Å². The molecule has 2 aromatic rings. The number of carbonyl (C=O) groups excluding carboxylic acids is 3. The Kier molecular flexibility index (Phi) is 5.71. The van der Waals surface area contributed by atoms with Crippen LogP contribution in [0.5, 0.6) is 11.5 Å². The van der Waals surface area contributed by atoms with Crippen molar-refractivity contribution in [3.8, 4) is 11.5 Å². The van der Waals surface area contributed by atoms with E-state index in [-0.39, 0.29) is 35.2 Å². The fourth-order valence-electron chi connectivity index (χ4n) is 3.06. The average Bonchev–Trinajstić information content (AvgIpc) is 3.24. The van der Waals surface area contributed by atoms with E-state index >= 15 is 0 Å². The molecule has 1 aromatic carbocycles. The summed E-state index contributed by atoms with van der Waals surface area (Å²) < 4.78 is 32.6. The molecule has 164 valence electrons. The summed E-state index contributed by atoms with van der Waals surface area (Å²) in [5.74, 6) is 0.214. The van der Waals surface area contributed by atoms with Crippen molar-refractivity contribution in [2.45, 2.75) is 12.8 Å². The van der Waals surface area contributed by atoms with Crippen LogP contribution in [0.4, 0.5) is 5.00 Å². The quantitative estimate of drug-likeness (QED) is 0.674. The lowest BCUT2D eigenvalue weighted by atomic mass is 10.2. The minimum atomic E-state index is -3.27. The van der Waals surface area contributed by atoms with Crippen LogP contribution in [0.1, 0.15) is 33.6 Å². The lowest BCUT2D eigenvalue weighted by Gasteiger charge is -2.13. The number of imide groups is 1. The summed E-state index contributed by atoms with van der Waals surface area (Å²) in [6.45, 7) is 0.186. The molecule has 0 bridgehead atoms. The molecule has 1 saturated carbocycles. The van der Waals surface area contributed by atoms with Crippen molar-refractivity contribution in [3.05, 3.63) is 40.8 Å². The van der Waals surface area contributed by atoms with Gasteiger partial charge < -0.3 is 14.8 Å². The third-order valence-corrected chi connectivity index (χ3v) is 6.69. The molecule has 11 heteroatoms. The average molecular weight is 465 g/mol. The third kappa shape index (κ3) is 4.72. The molecule has 0 spiro atoms. The van der Waals surface area contributed by atoms with Gasteiger partial charge >= 0.3 is 0 Å². The Morgan fingerprint density at radius 1 is 1.16 bits per heavy atom. The first-order valence-corrected chi connectivity index (χ1v) is 12.5. The second kappa shape index (κ2) is 8.31. The monoisotopic (exact) mass is 464 g/mol. The van der Waals surface area contributed by atoms with Gasteiger partial charge in [0.05, 0.1) is 16.9 Å². The number of benzene rings is 1. The first-order valence-electron chi connectivity index (χ1n) is 9.55. The number of hydrogen-bond acceptors (Lipinski definition) is 8. The highest BCUT2D eigenvalue weighted by molar-refractivity contribution is 7.90. The molecule has 1 N–H and O–H groups in total. The molecule has 9 nitrogen and oxygen atoms in total. The van der Waals surface area contributed by atoms with Gasteiger partial charge in [0.25, 0.3) is 11.8 Å². The van der Waals surface area contributed by atoms with E-state index in [0.717, 1.165) is 46.8 Å². The van der Waals surface area contributed by atoms with E-state index < -0.39 is 21.7 Å². The SMILES string of the molecule is CS(=O)(=O)CCN1C(=O)c2csc(NC(=O)C3CC3)c2C1=O.c1ccc2c(c1)OCO2. The van der Waals surface area contributed by atoms with Crippen LogP contribution in [-0.4, -0.2) is 56.4 Å². The maximum atomic E-state index is 12.3. The molecule has 0 radical (unpaired) electrons. The highest BCUT2D eigenvalue weighted by Gasteiger charge is 2.40. The van der Waals surface area contributed by atoms with Crippen LogP contribution in [0.15, 0.2) is 29.6 Å². The highest BCUT2D eigenvalue weighted by atomic mass is 32.2. The zero-order valence-electron chi connectivity index (χ0n) is 16.6. The Morgan fingerprint density at radius 2 is 1.81 bits per heavy atom. The number of anilines is 1. The number of carbonyl (C=O) groups is 3. The fourth-order valence-corrected chi connectivity index (χ4v) is 4.50. The van der Waals surface area contributed by atoms with Crippen molar-refractivity contribution < 1.29 is 32.3 Å². The second-order valence-corrected chi connectivity index (χ2v) is 10.5. The van der Waals surface area contributed by atoms with Crippen molar-refractivity contribution in [1.29, 1.82) is 0 Å². The van der Waals surface area contributed by atoms with E-state index in [1.54, 1.807) is 0 Å². The Labute approximate surface area is 182 Å². The van der Waals surface area contributed by atoms with E-state index in [1.807, 2.05) is 24.3 Å². The molecule has 0 saturated heterocycles. The molecule has 5 rings (SSSR count). The maximum Gasteiger partial charge on any atom is 0.264 e. The Morgan fingerprint density at radius 3 is 2.39 bits per heavy atom. The Hall–Kier alpha value is -2.92. The van der Waals surface area contributed by atoms with Crippen molar-refractivity contribution >= 4 is 43.9 Å². The molecular formula is C20H20N2O7S2. The van der Waals surface area contributed by atoms with Crippen LogP contribution in [0, 0.1) is 5.92 Å². The summed E-state index contributed by atoms with van der Waals surface area (Å²) in [7, 11) is -3.27. The highest BCUT2D eigenvalue weighted by Crippen LogP contribution is 2.37. The summed E-state index contributed by atoms with van der Waals surface area (Å²) in [6.07, 6.45) is 2.73. The van der Waals surface area contributed by atoms with Crippen LogP contribution in [0.25, 0.3) is 0 Å². The third-order valence-electron chi connectivity index (χ3n) is 4.87. The lowest BCUT2D eigenvalue weighted by molar-refractivity contribution is -0.117. The van der Waals surface area contributed by atoms with Crippen LogP contribution < -0.4 is 14.8 Å². The lowest BCUT2D eigenvalue weighted by Crippen LogP contribution is -2.34. The molecule has 3 aliphatic rings. The van der Waals surface area contributed by atoms with Crippen molar-refractivity contribution in [2.75, 3.05) is 30.7 Å². The molecule has 1 aliphatic carbocycles. The van der Waals surface area contributed by atoms with E-state index in [4.69, 9.17) is 9.47 Å². The molecule has 3 amide bonds. The van der Waals surface area contributed by atoms with Crippen molar-refractivity contribution in [2.24, 2.45) is 5.92 Å². The number of nitrogens with zero attached hydrogens (tertiary/aromatic N) is 1. The predicted octanol–water partition coefficient (Wildman–Crippen LogP) is 2.15. The van der Waals surface area contributed by atoms with Gasteiger partial charge in [-0.2, -0.15) is 0 Å². The molecule has 0 atom stereocenters. The van der Waals surface area contributed by atoms with Gasteiger partial charge in [0.2, 0.25) is 12.7 Å². The minimum absolute atomic E-state index is 0.00806. The number of para-hydroxylation sites is 2. The number of hydrogen-bond donors (Lipinski definition) is 1. The summed E-state index contributed by atoms with van der Waals surface area (Å²) >= 11 is 1.14. The zero-order chi connectivity index (χ0) is 22.2. The summed E-state index contributed by atoms with van der Waals surface area (Å²) in [6, 6.07) is 7.63. The molecule has 2 aliphatic heterocycles. The largest absolute Gasteiger partial charge is 0.454 e. The summed E-state index contributed by atoms with van der Waals surface area (Å²) in [4.78, 5) is 37.2. The topological polar surface area (TPSA) is 119 Å². The van der Waals surface area contributed by atoms with Crippen LogP contribution in [0.3, 0.4) is 0 Å². The Balaban J connectivity index is 0.000000212. The number of amides is 3. The number of nitrogens with one attached hydrogen (secondary N) is 1. The molecule has 1 fully saturated rings. The number of rotatable bonds is 5. The van der Waals surface area contributed by atoms with Gasteiger partial charge in [-0.1, -0.05) is 12.1 Å². The molecule has 31 heavy (non-hydrogen) atoms. The van der Waals surface area contributed by atoms with Crippen LogP contribution in [-0.2, 0) is 14.6 Å². The van der Waals surface area contributed by atoms with Gasteiger partial charge in [0.15, 0.2) is 11.5 Å². The number of fused-ring (bicyclic) bond motifs is 2. The molecule has 1 aromatic heterocycles. The van der Waals surface area contributed by atoms with Gasteiger partial charge in [-0.05, 0) is 25.0 Å². The van der Waals surface area contributed by atoms with E-state index in [1.165, 1.54) is 5.38 Å². The summed E-state index contributed by atoms with van der Waals surface area (Å²) in [5, 5.41) is 4.58. The van der Waals surface area contributed by atoms with Gasteiger partial charge in [0, 0.05) is 24.1 Å². The van der Waals surface area contributed by atoms with Gasteiger partial charge in [-0.25, -0.2) is 8.42 Å². The van der Waals surface area contributed by atoms with E-state index in [2.05, 4.69) is 5.32 Å². The molecule has 3 heterocycles. The van der Waals surface area contributed by atoms with E-state index in [0.29, 0.717) is 11.8 Å². The summed E-state index contributed by atoms with van der Waals surface area (Å²) in [5.41, 5.74) is 0.409. The van der Waals surface area contributed by atoms with Gasteiger partial charge in [-0.15, -0.1) is 11.3 Å². The number of thiophene rings is 1. The first kappa shape index (κ1) is 21.3. The van der Waals surface area contributed by atoms with Crippen molar-refractivity contribution in [1.82, 2.24) is 4.90 Å². The smallest absolute Gasteiger partial charge is 0.264 e. The predicted molar refractivity (Wildman–Crippen MR) is 113 cm³/mol. The maximum absolute atomic E-state index is 12.3. The standard InChI is InChI=1S/C13H14N2O5S2.C7H6O2/c1-22(19,20)5-4-15-12(17)8-6-21-11(9(8)13(15)18)14-10(16)7-2-3-7;1-2-4-7-6(3-1)8-5-9-7/h6-7H,2-5H2,1H3,(H,14,16);1-4H,5H2. The fraction of sp³-hybridized carbons (Fsp3) is 0.350. The van der Waals surface area contributed by atoms with Gasteiger partial charge in [0.1, 0.15) is 14.8 Å². The normalized spacial score (nSPS) is 16.6. The van der Waals surface area contributed by atoms with Gasteiger partial charge in [-0.3, -0.25) is 19.3 Å². The second-order valence-electron chi connectivity index (χ2n) is 7.36. The van der Waals surface area contributed by atoms with Crippen LogP contribution in [0.2, 0.25) is 0 Å². The molecular weight excluding hydrogens is 444 g/mol. The first-order chi connectivity index (χ1) is 14.7. The zero-order valence-corrected chi connectivity index (χ0v) is 18.3. The van der Waals surface area contributed by atoms with Crippen LogP contribution >= 0.6 is 11.3 Å². The molecule has 0 unspecified atom stereocenters. The number of sulfone groups is 1. The number of ether oxygens (including phenoxy) is 2. The van der Waals surface area contributed by atoms with Crippen molar-refractivity contribution in [3.63, 3.8) is 0 Å². The minimum Gasteiger partial charge on any atom is -0.454 e. The Bertz CT molecular complexity index is 1130.